The highest BCUT2D eigenvalue weighted by Crippen LogP contribution is 2.25. The van der Waals surface area contributed by atoms with Gasteiger partial charge < -0.3 is 9.47 Å². The fourth-order valence-electron chi connectivity index (χ4n) is 3.29. The molecule has 0 aliphatic carbocycles. The minimum atomic E-state index is -3.60. The molecule has 2 heterocycles. The quantitative estimate of drug-likeness (QED) is 0.758. The zero-order valence-corrected chi connectivity index (χ0v) is 17.9. The number of carbonyl (C=O) groups is 1. The molecule has 1 aromatic carbocycles. The van der Waals surface area contributed by atoms with Gasteiger partial charge in [0.15, 0.2) is 0 Å². The van der Waals surface area contributed by atoms with Crippen LogP contribution in [0, 0.1) is 0 Å². The molecule has 0 unspecified atom stereocenters. The van der Waals surface area contributed by atoms with Crippen molar-refractivity contribution in [3.63, 3.8) is 0 Å². The van der Waals surface area contributed by atoms with E-state index in [0.29, 0.717) is 13.1 Å². The van der Waals surface area contributed by atoms with E-state index in [-0.39, 0.29) is 41.4 Å². The molecule has 7 nitrogen and oxygen atoms in total. The molecule has 1 saturated heterocycles. The number of pyridine rings is 1. The second kappa shape index (κ2) is 8.12. The van der Waals surface area contributed by atoms with Gasteiger partial charge in [-0.1, -0.05) is 39.0 Å². The van der Waals surface area contributed by atoms with Gasteiger partial charge in [-0.15, -0.1) is 0 Å². The maximum Gasteiger partial charge on any atom is 0.250 e. The summed E-state index contributed by atoms with van der Waals surface area (Å²) < 4.78 is 28.6. The van der Waals surface area contributed by atoms with E-state index in [4.69, 9.17) is 0 Å². The standard InChI is InChI=1S/C21H27N3O4S/c1-21(2,3)17-7-9-18(10-8-17)29(27,28)24-14-12-22(13-15-24)20(26)16-23-11-5-4-6-19(23)25/h4-11H,12-16H2,1-3H3. The number of carbonyl (C=O) groups excluding carboxylic acids is 1. The predicted octanol–water partition coefficient (Wildman–Crippen LogP) is 1.68. The van der Waals surface area contributed by atoms with E-state index in [1.54, 1.807) is 35.4 Å². The molecule has 0 atom stereocenters. The molecule has 1 fully saturated rings. The van der Waals surface area contributed by atoms with Crippen molar-refractivity contribution in [2.45, 2.75) is 37.6 Å². The van der Waals surface area contributed by atoms with E-state index in [1.807, 2.05) is 12.1 Å². The number of aromatic nitrogens is 1. The Morgan fingerprint density at radius 2 is 1.59 bits per heavy atom. The van der Waals surface area contributed by atoms with Gasteiger partial charge in [0, 0.05) is 38.4 Å². The molecule has 0 spiro atoms. The summed E-state index contributed by atoms with van der Waals surface area (Å²) in [4.78, 5) is 26.1. The summed E-state index contributed by atoms with van der Waals surface area (Å²) in [6.07, 6.45) is 1.57. The average molecular weight is 418 g/mol. The van der Waals surface area contributed by atoms with Crippen LogP contribution in [0.4, 0.5) is 0 Å². The van der Waals surface area contributed by atoms with Crippen molar-refractivity contribution >= 4 is 15.9 Å². The number of sulfonamides is 1. The van der Waals surface area contributed by atoms with Gasteiger partial charge in [0.2, 0.25) is 15.9 Å². The molecular formula is C21H27N3O4S. The van der Waals surface area contributed by atoms with Crippen LogP contribution in [-0.2, 0) is 26.8 Å². The lowest BCUT2D eigenvalue weighted by atomic mass is 9.87. The zero-order chi connectivity index (χ0) is 21.2. The van der Waals surface area contributed by atoms with Crippen LogP contribution in [-0.4, -0.2) is 54.3 Å². The maximum atomic E-state index is 12.9. The van der Waals surface area contributed by atoms with Crippen LogP contribution in [0.1, 0.15) is 26.3 Å². The molecule has 1 aliphatic rings. The van der Waals surface area contributed by atoms with Crippen LogP contribution >= 0.6 is 0 Å². The average Bonchev–Trinajstić information content (AvgIpc) is 2.69. The lowest BCUT2D eigenvalue weighted by molar-refractivity contribution is -0.133. The highest BCUT2D eigenvalue weighted by atomic mass is 32.2. The summed E-state index contributed by atoms with van der Waals surface area (Å²) in [6.45, 7) is 7.28. The third-order valence-electron chi connectivity index (χ3n) is 5.15. The Morgan fingerprint density at radius 1 is 0.966 bits per heavy atom. The molecule has 0 bridgehead atoms. The number of piperazine rings is 1. The van der Waals surface area contributed by atoms with Crippen molar-refractivity contribution in [1.82, 2.24) is 13.8 Å². The summed E-state index contributed by atoms with van der Waals surface area (Å²) in [6, 6.07) is 11.7. The van der Waals surface area contributed by atoms with Crippen LogP contribution < -0.4 is 5.56 Å². The number of nitrogens with zero attached hydrogens (tertiary/aromatic N) is 3. The van der Waals surface area contributed by atoms with Crippen LogP contribution in [0.5, 0.6) is 0 Å². The molecule has 8 heteroatoms. The lowest BCUT2D eigenvalue weighted by Crippen LogP contribution is -2.51. The summed E-state index contributed by atoms with van der Waals surface area (Å²) in [5, 5.41) is 0. The molecule has 1 aromatic heterocycles. The van der Waals surface area contributed by atoms with Crippen LogP contribution in [0.25, 0.3) is 0 Å². The Kier molecular flexibility index (Phi) is 5.95. The molecule has 0 N–H and O–H groups in total. The number of hydrogen-bond donors (Lipinski definition) is 0. The number of amides is 1. The Hall–Kier alpha value is -2.45. The van der Waals surface area contributed by atoms with Crippen molar-refractivity contribution in [2.24, 2.45) is 0 Å². The molecule has 0 saturated carbocycles. The van der Waals surface area contributed by atoms with E-state index in [9.17, 15) is 18.0 Å². The minimum Gasteiger partial charge on any atom is -0.339 e. The third-order valence-corrected chi connectivity index (χ3v) is 7.07. The number of benzene rings is 1. The van der Waals surface area contributed by atoms with Gasteiger partial charge in [0.1, 0.15) is 6.54 Å². The fourth-order valence-corrected chi connectivity index (χ4v) is 4.71. The molecule has 29 heavy (non-hydrogen) atoms. The molecule has 156 valence electrons. The van der Waals surface area contributed by atoms with E-state index in [0.717, 1.165) is 5.56 Å². The first kappa shape index (κ1) is 21.3. The van der Waals surface area contributed by atoms with Gasteiger partial charge in [-0.05, 0) is 29.2 Å². The Balaban J connectivity index is 1.64. The van der Waals surface area contributed by atoms with E-state index < -0.39 is 10.0 Å². The van der Waals surface area contributed by atoms with Crippen molar-refractivity contribution in [3.05, 3.63) is 64.6 Å². The van der Waals surface area contributed by atoms with Crippen LogP contribution in [0.15, 0.2) is 58.4 Å². The van der Waals surface area contributed by atoms with Crippen LogP contribution in [0.3, 0.4) is 0 Å². The molecule has 1 amide bonds. The van der Waals surface area contributed by atoms with Crippen molar-refractivity contribution in [3.8, 4) is 0 Å². The molecule has 1 aliphatic heterocycles. The van der Waals surface area contributed by atoms with Gasteiger partial charge in [-0.3, -0.25) is 9.59 Å². The summed E-state index contributed by atoms with van der Waals surface area (Å²) in [5.74, 6) is -0.190. The first-order valence-electron chi connectivity index (χ1n) is 9.63. The Bertz CT molecular complexity index is 1030. The summed E-state index contributed by atoms with van der Waals surface area (Å²) in [5.41, 5.74) is 0.790. The van der Waals surface area contributed by atoms with Crippen molar-refractivity contribution in [1.29, 1.82) is 0 Å². The first-order valence-corrected chi connectivity index (χ1v) is 11.1. The van der Waals surface area contributed by atoms with E-state index in [1.165, 1.54) is 14.9 Å². The highest BCUT2D eigenvalue weighted by Gasteiger charge is 2.30. The third kappa shape index (κ3) is 4.76. The largest absolute Gasteiger partial charge is 0.339 e. The first-order chi connectivity index (χ1) is 13.6. The summed E-state index contributed by atoms with van der Waals surface area (Å²) in [7, 11) is -3.60. The normalized spacial score (nSPS) is 16.0. The van der Waals surface area contributed by atoms with Gasteiger partial charge >= 0.3 is 0 Å². The van der Waals surface area contributed by atoms with E-state index >= 15 is 0 Å². The summed E-state index contributed by atoms with van der Waals surface area (Å²) >= 11 is 0. The van der Waals surface area contributed by atoms with Gasteiger partial charge in [0.25, 0.3) is 5.56 Å². The van der Waals surface area contributed by atoms with Crippen molar-refractivity contribution in [2.75, 3.05) is 26.2 Å². The lowest BCUT2D eigenvalue weighted by Gasteiger charge is -2.34. The zero-order valence-electron chi connectivity index (χ0n) is 17.0. The second-order valence-electron chi connectivity index (χ2n) is 8.23. The fraction of sp³-hybridized carbons (Fsp3) is 0.429. The van der Waals surface area contributed by atoms with Gasteiger partial charge in [0.05, 0.1) is 4.90 Å². The SMILES string of the molecule is CC(C)(C)c1ccc(S(=O)(=O)N2CCN(C(=O)Cn3ccccc3=O)CC2)cc1. The van der Waals surface area contributed by atoms with E-state index in [2.05, 4.69) is 20.8 Å². The van der Waals surface area contributed by atoms with Gasteiger partial charge in [-0.2, -0.15) is 4.31 Å². The predicted molar refractivity (Wildman–Crippen MR) is 111 cm³/mol. The molecule has 3 rings (SSSR count). The molecular weight excluding hydrogens is 390 g/mol. The smallest absolute Gasteiger partial charge is 0.250 e. The minimum absolute atomic E-state index is 0.0410. The molecule has 2 aromatic rings. The Morgan fingerprint density at radius 3 is 2.14 bits per heavy atom. The number of hydrogen-bond acceptors (Lipinski definition) is 4. The van der Waals surface area contributed by atoms with Crippen molar-refractivity contribution < 1.29 is 13.2 Å². The monoisotopic (exact) mass is 417 g/mol. The highest BCUT2D eigenvalue weighted by molar-refractivity contribution is 7.89. The van der Waals surface area contributed by atoms with Gasteiger partial charge in [-0.25, -0.2) is 8.42 Å². The Labute approximate surface area is 171 Å². The molecule has 0 radical (unpaired) electrons. The van der Waals surface area contributed by atoms with Crippen LogP contribution in [0.2, 0.25) is 0 Å². The number of rotatable bonds is 4. The maximum absolute atomic E-state index is 12.9. The second-order valence-corrected chi connectivity index (χ2v) is 10.2. The topological polar surface area (TPSA) is 79.7 Å².